The van der Waals surface area contributed by atoms with Crippen molar-refractivity contribution in [3.63, 3.8) is 0 Å². The van der Waals surface area contributed by atoms with E-state index in [1.54, 1.807) is 18.6 Å². The number of rotatable bonds is 2. The zero-order valence-electron chi connectivity index (χ0n) is 12.0. The highest BCUT2D eigenvalue weighted by molar-refractivity contribution is 5.94. The van der Waals surface area contributed by atoms with Gasteiger partial charge in [-0.05, 0) is 25.0 Å². The summed E-state index contributed by atoms with van der Waals surface area (Å²) in [5.74, 6) is -0.0137. The van der Waals surface area contributed by atoms with Gasteiger partial charge in [0.05, 0.1) is 11.6 Å². The molecule has 0 aliphatic carbocycles. The zero-order valence-corrected chi connectivity index (χ0v) is 12.0. The molecule has 1 aliphatic rings. The van der Waals surface area contributed by atoms with Crippen molar-refractivity contribution >= 4 is 11.6 Å². The van der Waals surface area contributed by atoms with E-state index < -0.39 is 0 Å². The Balaban J connectivity index is 1.72. The second-order valence-electron chi connectivity index (χ2n) is 5.39. The Morgan fingerprint density at radius 1 is 1.23 bits per heavy atom. The second kappa shape index (κ2) is 5.22. The number of fused-ring (bicyclic) bond motifs is 1. The Morgan fingerprint density at radius 3 is 2.95 bits per heavy atom. The number of hydrogen-bond donors (Lipinski definition) is 0. The van der Waals surface area contributed by atoms with E-state index >= 15 is 0 Å². The molecule has 4 rings (SSSR count). The average Bonchev–Trinajstić information content (AvgIpc) is 3.23. The maximum atomic E-state index is 12.7. The van der Waals surface area contributed by atoms with Crippen molar-refractivity contribution in [1.29, 1.82) is 0 Å². The number of carbonyl (C=O) groups excluding carboxylic acids is 1. The fourth-order valence-electron chi connectivity index (χ4n) is 3.13. The van der Waals surface area contributed by atoms with Crippen molar-refractivity contribution in [3.8, 4) is 0 Å². The lowest BCUT2D eigenvalue weighted by molar-refractivity contribution is 0.0731. The van der Waals surface area contributed by atoms with Gasteiger partial charge in [-0.2, -0.15) is 0 Å². The summed E-state index contributed by atoms with van der Waals surface area (Å²) in [7, 11) is 0. The summed E-state index contributed by atoms with van der Waals surface area (Å²) in [4.78, 5) is 26.8. The van der Waals surface area contributed by atoms with E-state index in [1.165, 1.54) is 6.33 Å². The number of nitrogens with zero attached hydrogens (tertiary/aromatic N) is 5. The highest BCUT2D eigenvalue weighted by atomic mass is 16.2. The molecule has 1 saturated heterocycles. The minimum Gasteiger partial charge on any atom is -0.330 e. The van der Waals surface area contributed by atoms with Crippen LogP contribution in [0.3, 0.4) is 0 Å². The first kappa shape index (κ1) is 12.9. The number of aromatic nitrogens is 4. The molecular weight excluding hydrogens is 278 g/mol. The van der Waals surface area contributed by atoms with Crippen LogP contribution in [0.4, 0.5) is 0 Å². The molecule has 1 atom stereocenters. The molecule has 6 nitrogen and oxygen atoms in total. The van der Waals surface area contributed by atoms with Gasteiger partial charge >= 0.3 is 0 Å². The molecule has 1 aliphatic heterocycles. The molecule has 22 heavy (non-hydrogen) atoms. The summed E-state index contributed by atoms with van der Waals surface area (Å²) in [6.07, 6.45) is 10.3. The molecule has 1 amide bonds. The summed E-state index contributed by atoms with van der Waals surface area (Å²) in [6, 6.07) is 6.08. The van der Waals surface area contributed by atoms with E-state index in [0.717, 1.165) is 30.7 Å². The standard InChI is InChI=1S/C16H15N5O/c22-16(12-9-17-11-18-10-12)21-7-2-4-14(21)13-3-1-5-15-19-6-8-20(13)15/h1,3,5-6,8-11,14H,2,4,7H2/t14-/m1/s1. The number of likely N-dealkylation sites (tertiary alicyclic amines) is 1. The molecule has 6 heteroatoms. The third-order valence-electron chi connectivity index (χ3n) is 4.12. The molecule has 0 N–H and O–H groups in total. The number of amides is 1. The topological polar surface area (TPSA) is 63.4 Å². The van der Waals surface area contributed by atoms with Gasteiger partial charge in [0.2, 0.25) is 0 Å². The van der Waals surface area contributed by atoms with E-state index in [0.29, 0.717) is 5.56 Å². The Morgan fingerprint density at radius 2 is 2.09 bits per heavy atom. The first-order valence-corrected chi connectivity index (χ1v) is 7.32. The lowest BCUT2D eigenvalue weighted by Crippen LogP contribution is -2.31. The van der Waals surface area contributed by atoms with Crippen LogP contribution in [-0.2, 0) is 0 Å². The largest absolute Gasteiger partial charge is 0.330 e. The number of pyridine rings is 1. The summed E-state index contributed by atoms with van der Waals surface area (Å²) < 4.78 is 2.05. The Bertz CT molecular complexity index is 814. The van der Waals surface area contributed by atoms with Crippen molar-refractivity contribution in [2.45, 2.75) is 18.9 Å². The van der Waals surface area contributed by atoms with Crippen LogP contribution in [-0.4, -0.2) is 36.7 Å². The molecule has 0 unspecified atom stereocenters. The van der Waals surface area contributed by atoms with Gasteiger partial charge in [-0.3, -0.25) is 4.79 Å². The van der Waals surface area contributed by atoms with E-state index in [1.807, 2.05) is 23.2 Å². The highest BCUT2D eigenvalue weighted by Crippen LogP contribution is 2.33. The quantitative estimate of drug-likeness (QED) is 0.726. The monoisotopic (exact) mass is 293 g/mol. The van der Waals surface area contributed by atoms with Crippen LogP contribution in [0.1, 0.15) is 34.9 Å². The maximum absolute atomic E-state index is 12.7. The van der Waals surface area contributed by atoms with Crippen LogP contribution in [0.5, 0.6) is 0 Å². The smallest absolute Gasteiger partial charge is 0.257 e. The predicted molar refractivity (Wildman–Crippen MR) is 80.2 cm³/mol. The van der Waals surface area contributed by atoms with Crippen molar-refractivity contribution < 1.29 is 4.79 Å². The molecule has 0 spiro atoms. The van der Waals surface area contributed by atoms with E-state index in [2.05, 4.69) is 25.4 Å². The van der Waals surface area contributed by atoms with E-state index in [-0.39, 0.29) is 11.9 Å². The zero-order chi connectivity index (χ0) is 14.9. The molecule has 0 bridgehead atoms. The Hall–Kier alpha value is -2.76. The first-order valence-electron chi connectivity index (χ1n) is 7.32. The third-order valence-corrected chi connectivity index (χ3v) is 4.12. The fraction of sp³-hybridized carbons (Fsp3) is 0.250. The number of hydrogen-bond acceptors (Lipinski definition) is 4. The number of imidazole rings is 1. The fourth-order valence-corrected chi connectivity index (χ4v) is 3.13. The molecule has 3 aromatic heterocycles. The van der Waals surface area contributed by atoms with Crippen LogP contribution < -0.4 is 0 Å². The molecule has 3 aromatic rings. The molecule has 1 fully saturated rings. The van der Waals surface area contributed by atoms with Crippen LogP contribution in [0, 0.1) is 0 Å². The predicted octanol–water partition coefficient (Wildman–Crippen LogP) is 2.10. The van der Waals surface area contributed by atoms with Gasteiger partial charge in [-0.1, -0.05) is 6.07 Å². The van der Waals surface area contributed by atoms with Crippen molar-refractivity contribution in [2.75, 3.05) is 6.54 Å². The minimum atomic E-state index is -0.0137. The van der Waals surface area contributed by atoms with Crippen molar-refractivity contribution in [3.05, 3.63) is 60.6 Å². The van der Waals surface area contributed by atoms with Gasteiger partial charge < -0.3 is 9.30 Å². The van der Waals surface area contributed by atoms with Crippen LogP contribution in [0.2, 0.25) is 0 Å². The van der Waals surface area contributed by atoms with Crippen LogP contribution >= 0.6 is 0 Å². The summed E-state index contributed by atoms with van der Waals surface area (Å²) in [5.41, 5.74) is 2.53. The van der Waals surface area contributed by atoms with Crippen molar-refractivity contribution in [2.24, 2.45) is 0 Å². The van der Waals surface area contributed by atoms with Gasteiger partial charge in [0.25, 0.3) is 5.91 Å². The van der Waals surface area contributed by atoms with Gasteiger partial charge in [0.1, 0.15) is 12.0 Å². The van der Waals surface area contributed by atoms with Crippen molar-refractivity contribution in [1.82, 2.24) is 24.3 Å². The molecule has 0 saturated carbocycles. The normalized spacial score (nSPS) is 18.0. The average molecular weight is 293 g/mol. The van der Waals surface area contributed by atoms with Crippen LogP contribution in [0.15, 0.2) is 49.3 Å². The van der Waals surface area contributed by atoms with E-state index in [4.69, 9.17) is 0 Å². The molecule has 0 aromatic carbocycles. The Kier molecular flexibility index (Phi) is 3.07. The summed E-state index contributed by atoms with van der Waals surface area (Å²) >= 11 is 0. The molecule has 4 heterocycles. The maximum Gasteiger partial charge on any atom is 0.257 e. The third kappa shape index (κ3) is 2.04. The molecule has 0 radical (unpaired) electrons. The van der Waals surface area contributed by atoms with Gasteiger partial charge in [0.15, 0.2) is 0 Å². The minimum absolute atomic E-state index is 0.0137. The van der Waals surface area contributed by atoms with Gasteiger partial charge in [-0.25, -0.2) is 15.0 Å². The summed E-state index contributed by atoms with van der Waals surface area (Å²) in [6.45, 7) is 0.753. The molecular formula is C16H15N5O. The van der Waals surface area contributed by atoms with E-state index in [9.17, 15) is 4.79 Å². The lowest BCUT2D eigenvalue weighted by atomic mass is 10.1. The molecule has 110 valence electrons. The Labute approximate surface area is 127 Å². The number of carbonyl (C=O) groups is 1. The van der Waals surface area contributed by atoms with Gasteiger partial charge in [0, 0.05) is 37.0 Å². The SMILES string of the molecule is O=C(c1cncnc1)N1CCC[C@@H]1c1cccc2nccn12. The first-order chi connectivity index (χ1) is 10.8. The van der Waals surface area contributed by atoms with Gasteiger partial charge in [-0.15, -0.1) is 0 Å². The lowest BCUT2D eigenvalue weighted by Gasteiger charge is -2.25. The van der Waals surface area contributed by atoms with Crippen LogP contribution in [0.25, 0.3) is 5.65 Å². The highest BCUT2D eigenvalue weighted by Gasteiger charge is 2.32. The summed E-state index contributed by atoms with van der Waals surface area (Å²) in [5, 5.41) is 0. The second-order valence-corrected chi connectivity index (χ2v) is 5.39.